The molecule has 0 saturated heterocycles. The van der Waals surface area contributed by atoms with Crippen molar-refractivity contribution < 1.29 is 0 Å². The highest BCUT2D eigenvalue weighted by molar-refractivity contribution is 6.18. The minimum absolute atomic E-state index is 0.188. The van der Waals surface area contributed by atoms with Crippen molar-refractivity contribution >= 4 is 50.0 Å². The van der Waals surface area contributed by atoms with Crippen molar-refractivity contribution in [1.29, 1.82) is 0 Å². The highest BCUT2D eigenvalue weighted by Gasteiger charge is 2.37. The smallest absolute Gasteiger partial charge is 0.147 e. The molecule has 0 unspecified atom stereocenters. The molecule has 1 aliphatic rings. The van der Waals surface area contributed by atoms with E-state index in [-0.39, 0.29) is 5.41 Å². The maximum Gasteiger partial charge on any atom is 0.147 e. The van der Waals surface area contributed by atoms with Crippen molar-refractivity contribution in [2.45, 2.75) is 40.0 Å². The van der Waals surface area contributed by atoms with Crippen molar-refractivity contribution in [3.8, 4) is 39.3 Å². The fourth-order valence-corrected chi connectivity index (χ4v) is 9.90. The van der Waals surface area contributed by atoms with Crippen LogP contribution in [0, 0.1) is 20.8 Å². The number of anilines is 3. The Balaban J connectivity index is 1.15. The molecule has 0 aliphatic carbocycles. The van der Waals surface area contributed by atoms with Crippen molar-refractivity contribution in [1.82, 2.24) is 19.5 Å². The van der Waals surface area contributed by atoms with Gasteiger partial charge in [0, 0.05) is 56.0 Å². The van der Waals surface area contributed by atoms with Gasteiger partial charge in [-0.3, -0.25) is 9.47 Å². The SMILES string of the molecule is Cc1cc(C)c(-c2ccc(-c3nc4c(-c5cccc(N6c7ccccc7C(C)(C)c7cccnc76)c5)cccc4n3-c3ccccc3)c3[nH]c4ccccc4c23)c(C)c1. The predicted octanol–water partition coefficient (Wildman–Crippen LogP) is 14.1. The second-order valence-electron chi connectivity index (χ2n) is 16.5. The number of benzene rings is 7. The molecule has 0 atom stereocenters. The Hall–Kier alpha value is -7.24. The number of imidazole rings is 1. The summed E-state index contributed by atoms with van der Waals surface area (Å²) in [5.74, 6) is 1.85. The first-order valence-corrected chi connectivity index (χ1v) is 20.4. The average molecular weight is 762 g/mol. The van der Waals surface area contributed by atoms with Crippen LogP contribution in [-0.4, -0.2) is 19.5 Å². The molecule has 0 radical (unpaired) electrons. The van der Waals surface area contributed by atoms with E-state index in [1.807, 2.05) is 12.3 Å². The number of H-pyrrole nitrogens is 1. The van der Waals surface area contributed by atoms with Gasteiger partial charge in [-0.1, -0.05) is 123 Å². The van der Waals surface area contributed by atoms with Crippen LogP contribution in [0.1, 0.15) is 41.7 Å². The van der Waals surface area contributed by atoms with E-state index in [1.54, 1.807) is 0 Å². The van der Waals surface area contributed by atoms with Crippen LogP contribution < -0.4 is 4.90 Å². The Kier molecular flexibility index (Phi) is 7.79. The molecule has 11 rings (SSSR count). The van der Waals surface area contributed by atoms with Gasteiger partial charge in [-0.05, 0) is 109 Å². The van der Waals surface area contributed by atoms with Crippen LogP contribution in [-0.2, 0) is 5.41 Å². The van der Waals surface area contributed by atoms with E-state index < -0.39 is 0 Å². The number of nitrogens with zero attached hydrogens (tertiary/aromatic N) is 4. The Morgan fingerprint density at radius 1 is 0.593 bits per heavy atom. The van der Waals surface area contributed by atoms with Crippen molar-refractivity contribution in [3.05, 3.63) is 192 Å². The number of rotatable bonds is 5. The Morgan fingerprint density at radius 3 is 2.15 bits per heavy atom. The molecule has 0 fully saturated rings. The van der Waals surface area contributed by atoms with Gasteiger partial charge in [-0.25, -0.2) is 9.97 Å². The van der Waals surface area contributed by atoms with Crippen LogP contribution >= 0.6 is 0 Å². The van der Waals surface area contributed by atoms with E-state index in [4.69, 9.17) is 9.97 Å². The first-order chi connectivity index (χ1) is 28.8. The number of hydrogen-bond donors (Lipinski definition) is 1. The first kappa shape index (κ1) is 35.0. The van der Waals surface area contributed by atoms with E-state index in [0.717, 1.165) is 67.5 Å². The molecule has 7 aromatic carbocycles. The molecule has 59 heavy (non-hydrogen) atoms. The summed E-state index contributed by atoms with van der Waals surface area (Å²) in [6.45, 7) is 11.2. The Labute approximate surface area is 344 Å². The summed E-state index contributed by atoms with van der Waals surface area (Å²) in [7, 11) is 0. The molecular weight excluding hydrogens is 719 g/mol. The predicted molar refractivity (Wildman–Crippen MR) is 246 cm³/mol. The quantitative estimate of drug-likeness (QED) is 0.190. The van der Waals surface area contributed by atoms with E-state index in [0.29, 0.717) is 0 Å². The molecular formula is C54H43N5. The van der Waals surface area contributed by atoms with E-state index >= 15 is 0 Å². The molecule has 0 amide bonds. The number of pyridine rings is 1. The van der Waals surface area contributed by atoms with Crippen LogP contribution in [0.25, 0.3) is 72.2 Å². The summed E-state index contributed by atoms with van der Waals surface area (Å²) >= 11 is 0. The van der Waals surface area contributed by atoms with Crippen LogP contribution in [0.5, 0.6) is 0 Å². The fourth-order valence-electron chi connectivity index (χ4n) is 9.90. The number of aromatic nitrogens is 4. The van der Waals surface area contributed by atoms with Gasteiger partial charge in [-0.15, -0.1) is 0 Å². The summed E-state index contributed by atoms with van der Waals surface area (Å²) < 4.78 is 2.33. The first-order valence-electron chi connectivity index (χ1n) is 20.4. The molecule has 1 N–H and O–H groups in total. The van der Waals surface area contributed by atoms with Crippen LogP contribution in [0.4, 0.5) is 17.2 Å². The summed E-state index contributed by atoms with van der Waals surface area (Å²) in [5.41, 5.74) is 19.3. The lowest BCUT2D eigenvalue weighted by molar-refractivity contribution is 0.627. The van der Waals surface area contributed by atoms with E-state index in [2.05, 4.69) is 201 Å². The van der Waals surface area contributed by atoms with Crippen molar-refractivity contribution in [2.75, 3.05) is 4.90 Å². The maximum absolute atomic E-state index is 5.66. The second kappa shape index (κ2) is 13.2. The summed E-state index contributed by atoms with van der Waals surface area (Å²) in [6, 6.07) is 56.9. The van der Waals surface area contributed by atoms with Gasteiger partial charge in [0.25, 0.3) is 0 Å². The van der Waals surface area contributed by atoms with Gasteiger partial charge in [0.1, 0.15) is 11.6 Å². The van der Waals surface area contributed by atoms with Gasteiger partial charge in [0.05, 0.1) is 22.2 Å². The molecule has 0 spiro atoms. The molecule has 5 heteroatoms. The highest BCUT2D eigenvalue weighted by Crippen LogP contribution is 2.51. The minimum Gasteiger partial charge on any atom is -0.354 e. The standard InChI is InChI=1S/C54H43N5/c1-33-30-34(2)48(35(3)31-33)41-27-28-42(51-49(41)40-20-9-11-24-45(40)56-51)52-57-50-39(21-14-26-47(50)58(52)37-17-7-6-8-18-37)36-16-13-19-38(32-36)59-46-25-12-10-22-43(46)54(4,5)44-23-15-29-55-53(44)59/h6-32,56H,1-5H3. The molecule has 3 aromatic heterocycles. The monoisotopic (exact) mass is 761 g/mol. The Bertz CT molecular complexity index is 3220. The number of fused-ring (bicyclic) bond motifs is 6. The van der Waals surface area contributed by atoms with Gasteiger partial charge < -0.3 is 4.98 Å². The second-order valence-corrected chi connectivity index (χ2v) is 16.5. The third-order valence-corrected chi connectivity index (χ3v) is 12.5. The average Bonchev–Trinajstić information content (AvgIpc) is 3.84. The number of nitrogens with one attached hydrogen (secondary N) is 1. The van der Waals surface area contributed by atoms with Crippen molar-refractivity contribution in [2.24, 2.45) is 0 Å². The lowest BCUT2D eigenvalue weighted by Crippen LogP contribution is -2.31. The lowest BCUT2D eigenvalue weighted by atomic mass is 9.74. The largest absolute Gasteiger partial charge is 0.354 e. The number of aromatic amines is 1. The molecule has 4 heterocycles. The van der Waals surface area contributed by atoms with E-state index in [1.165, 1.54) is 49.7 Å². The van der Waals surface area contributed by atoms with Gasteiger partial charge in [0.15, 0.2) is 0 Å². The lowest BCUT2D eigenvalue weighted by Gasteiger charge is -2.41. The summed E-state index contributed by atoms with van der Waals surface area (Å²) in [5, 5.41) is 2.42. The number of para-hydroxylation sites is 4. The van der Waals surface area contributed by atoms with Crippen LogP contribution in [0.15, 0.2) is 164 Å². The zero-order chi connectivity index (χ0) is 40.0. The minimum atomic E-state index is -0.188. The zero-order valence-electron chi connectivity index (χ0n) is 33.9. The fraction of sp³-hybridized carbons (Fsp3) is 0.111. The molecule has 284 valence electrons. The third-order valence-electron chi connectivity index (χ3n) is 12.5. The molecule has 10 aromatic rings. The number of aryl methyl sites for hydroxylation is 3. The molecule has 1 aliphatic heterocycles. The third kappa shape index (κ3) is 5.31. The maximum atomic E-state index is 5.66. The molecule has 0 bridgehead atoms. The summed E-state index contributed by atoms with van der Waals surface area (Å²) in [6.07, 6.45) is 1.90. The topological polar surface area (TPSA) is 49.7 Å². The van der Waals surface area contributed by atoms with Gasteiger partial charge in [-0.2, -0.15) is 0 Å². The zero-order valence-corrected chi connectivity index (χ0v) is 33.9. The Morgan fingerprint density at radius 2 is 1.31 bits per heavy atom. The van der Waals surface area contributed by atoms with Crippen LogP contribution in [0.3, 0.4) is 0 Å². The van der Waals surface area contributed by atoms with Gasteiger partial charge >= 0.3 is 0 Å². The normalized spacial score (nSPS) is 13.3. The summed E-state index contributed by atoms with van der Waals surface area (Å²) in [4.78, 5) is 16.8. The molecule has 5 nitrogen and oxygen atoms in total. The van der Waals surface area contributed by atoms with Crippen molar-refractivity contribution in [3.63, 3.8) is 0 Å². The van der Waals surface area contributed by atoms with Crippen LogP contribution in [0.2, 0.25) is 0 Å². The highest BCUT2D eigenvalue weighted by atomic mass is 15.2. The van der Waals surface area contributed by atoms with E-state index in [9.17, 15) is 0 Å². The molecule has 0 saturated carbocycles. The van der Waals surface area contributed by atoms with Gasteiger partial charge in [0.2, 0.25) is 0 Å². The number of hydrogen-bond acceptors (Lipinski definition) is 3.